The van der Waals surface area contributed by atoms with E-state index in [-0.39, 0.29) is 87.5 Å². The average molecular weight is 1260 g/mol. The van der Waals surface area contributed by atoms with Crippen molar-refractivity contribution in [2.45, 2.75) is 231 Å². The molecule has 3 aromatic rings. The van der Waals surface area contributed by atoms with Gasteiger partial charge in [-0.15, -0.1) is 0 Å². The molecule has 6 aliphatic rings. The molecule has 0 radical (unpaired) electrons. The minimum absolute atomic E-state index is 0.0612. The van der Waals surface area contributed by atoms with Crippen LogP contribution in [0.4, 0.5) is 0 Å². The number of aliphatic hydroxyl groups excluding tert-OH is 8. The SMILES string of the molecule is CCCCC[C@H](O)CC[C@H]1[C@H](O)CC2Cc3c(cccc3OCC(=O)O)C[C@@H]21.CCCCC[C@H](O)CC[C@H]1[C@H](O)CC2Cc3c(cccc3OCC(=O)O)C[C@@H]21.OCC[NH2+]CCO.[C-]#[N+]COc1cccc2c1CC1C[C@@H](O)[C@H](CC[C@@H](O)CCCCC)[C@H]1C2. The summed E-state index contributed by atoms with van der Waals surface area (Å²) in [5.41, 5.74) is 7.18. The maximum absolute atomic E-state index is 10.8. The van der Waals surface area contributed by atoms with E-state index < -0.39 is 11.9 Å². The fourth-order valence-corrected chi connectivity index (χ4v) is 16.0. The number of carboxylic acids is 2. The number of hydrogen-bond acceptors (Lipinski definition) is 13. The van der Waals surface area contributed by atoms with E-state index in [0.29, 0.717) is 60.1 Å². The minimum atomic E-state index is -0.972. The van der Waals surface area contributed by atoms with E-state index in [4.69, 9.17) is 41.2 Å². The van der Waals surface area contributed by atoms with Crippen LogP contribution in [-0.4, -0.2) is 146 Å². The van der Waals surface area contributed by atoms with E-state index in [9.17, 15) is 40.2 Å². The largest absolute Gasteiger partial charge is 0.482 e. The van der Waals surface area contributed by atoms with Crippen LogP contribution < -0.4 is 19.5 Å². The molecule has 3 aromatic carbocycles. The Morgan fingerprint density at radius 3 is 1.11 bits per heavy atom. The number of aliphatic hydroxyl groups is 8. The topological polar surface area (TPSA) is 285 Å². The number of benzene rings is 3. The fourth-order valence-electron chi connectivity index (χ4n) is 16.0. The Labute approximate surface area is 536 Å². The molecule has 17 nitrogen and oxygen atoms in total. The highest BCUT2D eigenvalue weighted by Crippen LogP contribution is 2.51. The van der Waals surface area contributed by atoms with Crippen molar-refractivity contribution in [1.82, 2.24) is 0 Å². The van der Waals surface area contributed by atoms with Gasteiger partial charge in [-0.3, -0.25) is 4.85 Å². The van der Waals surface area contributed by atoms with Gasteiger partial charge < -0.3 is 70.6 Å². The molecule has 0 saturated heterocycles. The molecule has 0 spiro atoms. The van der Waals surface area contributed by atoms with Gasteiger partial charge in [-0.1, -0.05) is 115 Å². The molecule has 0 bridgehead atoms. The molecular weight excluding hydrogens is 1140 g/mol. The molecule has 0 aliphatic heterocycles. The standard InChI is InChI=1S/C23H33NO3.2C23H34O5.C4H11NO2/c1-3-4-5-8-18(25)10-11-19-20-12-16-7-6-9-23(27-15-24-2)21(16)13-17(20)14-22(19)26;2*1-2-3-4-7-17(24)9-10-18-19-11-15-6-5-8-22(28-14-23(26)27)20(15)12-16(19)13-21(18)25;6-3-1-5-2-4-7/h6-7,9,17-20,22,25-26H,3-5,8,10-15H2,1H3;2*5-6,8,16-19,21,24-25H,2-4,7,9-14H2,1H3,(H,26,27);5-7H,1-4H2/p+1/t17?,18-,19+,20-,22+;2*16?,17-,18+,19-,21+;/m000./s1. The highest BCUT2D eigenvalue weighted by molar-refractivity contribution is 5.69. The number of quaternary nitrogens is 1. The van der Waals surface area contributed by atoms with Crippen molar-refractivity contribution in [3.8, 4) is 17.2 Å². The van der Waals surface area contributed by atoms with Crippen LogP contribution in [0, 0.1) is 59.8 Å². The number of fused-ring (bicyclic) bond motifs is 6. The molecule has 17 heteroatoms. The first kappa shape index (κ1) is 74.2. The van der Waals surface area contributed by atoms with Crippen LogP contribution in [-0.2, 0) is 48.1 Å². The van der Waals surface area contributed by atoms with E-state index in [0.717, 1.165) is 177 Å². The summed E-state index contributed by atoms with van der Waals surface area (Å²) < 4.78 is 16.6. The van der Waals surface area contributed by atoms with Crippen molar-refractivity contribution in [2.75, 3.05) is 46.2 Å². The van der Waals surface area contributed by atoms with E-state index in [1.54, 1.807) is 0 Å². The summed E-state index contributed by atoms with van der Waals surface area (Å²) in [6.45, 7) is 14.6. The van der Waals surface area contributed by atoms with Gasteiger partial charge in [0.25, 0.3) is 0 Å². The third-order valence-electron chi connectivity index (χ3n) is 20.6. The Morgan fingerprint density at radius 1 is 0.500 bits per heavy atom. The van der Waals surface area contributed by atoms with Crippen molar-refractivity contribution in [1.29, 1.82) is 0 Å². The highest BCUT2D eigenvalue weighted by Gasteiger charge is 2.47. The third kappa shape index (κ3) is 22.7. The molecule has 6 aliphatic carbocycles. The lowest BCUT2D eigenvalue weighted by Gasteiger charge is -2.32. The quantitative estimate of drug-likeness (QED) is 0.0200. The summed E-state index contributed by atoms with van der Waals surface area (Å²) in [5, 5.41) is 98.9. The zero-order valence-electron chi connectivity index (χ0n) is 54.4. The summed E-state index contributed by atoms with van der Waals surface area (Å²) >= 11 is 0. The lowest BCUT2D eigenvalue weighted by atomic mass is 9.73. The molecule has 3 saturated carbocycles. The third-order valence-corrected chi connectivity index (χ3v) is 20.6. The van der Waals surface area contributed by atoms with E-state index in [1.807, 2.05) is 41.7 Å². The van der Waals surface area contributed by atoms with Gasteiger partial charge in [0.05, 0.1) is 62.9 Å². The summed E-state index contributed by atoms with van der Waals surface area (Å²) in [5.74, 6) is 3.64. The van der Waals surface area contributed by atoms with Gasteiger partial charge in [-0.05, 0) is 220 Å². The monoisotopic (exact) mass is 1260 g/mol. The van der Waals surface area contributed by atoms with Gasteiger partial charge >= 0.3 is 18.7 Å². The first-order valence-corrected chi connectivity index (χ1v) is 34.6. The second kappa shape index (κ2) is 39.6. The predicted molar refractivity (Wildman–Crippen MR) is 347 cm³/mol. The fraction of sp³-hybridized carbons (Fsp3) is 0.712. The molecule has 90 heavy (non-hydrogen) atoms. The zero-order valence-corrected chi connectivity index (χ0v) is 54.4. The number of rotatable bonds is 33. The number of carboxylic acid groups (broad SMARTS) is 2. The van der Waals surface area contributed by atoms with E-state index in [2.05, 4.69) is 43.8 Å². The molecule has 0 aromatic heterocycles. The van der Waals surface area contributed by atoms with Gasteiger partial charge in [-0.25, -0.2) is 16.2 Å². The number of ether oxygens (including phenoxy) is 3. The van der Waals surface area contributed by atoms with Crippen LogP contribution in [0.2, 0.25) is 0 Å². The van der Waals surface area contributed by atoms with Crippen LogP contribution in [0.3, 0.4) is 0 Å². The lowest BCUT2D eigenvalue weighted by molar-refractivity contribution is -0.657. The molecule has 15 atom stereocenters. The second-order valence-corrected chi connectivity index (χ2v) is 26.9. The van der Waals surface area contributed by atoms with Gasteiger partial charge in [-0.2, -0.15) is 0 Å². The molecule has 0 amide bonds. The maximum atomic E-state index is 10.8. The lowest BCUT2D eigenvalue weighted by Crippen LogP contribution is -2.85. The number of hydrogen-bond donors (Lipinski definition) is 11. The molecule has 3 fully saturated rings. The van der Waals surface area contributed by atoms with Gasteiger partial charge in [0.1, 0.15) is 17.2 Å². The predicted octanol–water partition coefficient (Wildman–Crippen LogP) is 9.08. The Bertz CT molecular complexity index is 2500. The van der Waals surface area contributed by atoms with Crippen LogP contribution >= 0.6 is 0 Å². The zero-order chi connectivity index (χ0) is 65.0. The van der Waals surface area contributed by atoms with Crippen molar-refractivity contribution >= 4 is 11.9 Å². The summed E-state index contributed by atoms with van der Waals surface area (Å²) in [7, 11) is 0. The van der Waals surface area contributed by atoms with E-state index in [1.165, 1.54) is 35.1 Å². The van der Waals surface area contributed by atoms with Gasteiger partial charge in [0, 0.05) is 0 Å². The number of aliphatic carboxylic acids is 2. The van der Waals surface area contributed by atoms with Crippen LogP contribution in [0.5, 0.6) is 17.2 Å². The Hall–Kier alpha value is -4.87. The van der Waals surface area contributed by atoms with Crippen molar-refractivity contribution in [3.63, 3.8) is 0 Å². The number of nitrogens with zero attached hydrogens (tertiary/aromatic N) is 1. The van der Waals surface area contributed by atoms with Gasteiger partial charge in [0.15, 0.2) is 13.2 Å². The van der Waals surface area contributed by atoms with Crippen molar-refractivity contribution in [3.05, 3.63) is 99.4 Å². The Kier molecular flexibility index (Phi) is 32.7. The van der Waals surface area contributed by atoms with Crippen LogP contribution in [0.15, 0.2) is 54.6 Å². The Morgan fingerprint density at radius 2 is 0.822 bits per heavy atom. The second-order valence-electron chi connectivity index (χ2n) is 26.9. The number of carbonyl (C=O) groups is 2. The van der Waals surface area contributed by atoms with Crippen LogP contribution in [0.1, 0.15) is 189 Å². The van der Waals surface area contributed by atoms with E-state index >= 15 is 0 Å². The maximum Gasteiger partial charge on any atom is 0.357 e. The molecule has 12 N–H and O–H groups in total. The normalized spacial score (nSPS) is 25.8. The Balaban J connectivity index is 0.000000204. The summed E-state index contributed by atoms with van der Waals surface area (Å²) in [6, 6.07) is 17.9. The summed E-state index contributed by atoms with van der Waals surface area (Å²) in [4.78, 5) is 25.0. The summed E-state index contributed by atoms with van der Waals surface area (Å²) in [6.07, 6.45) is 24.0. The smallest absolute Gasteiger partial charge is 0.357 e. The minimum Gasteiger partial charge on any atom is -0.482 e. The number of nitrogens with two attached hydrogens (primary N) is 1. The van der Waals surface area contributed by atoms with Crippen LogP contribution in [0.25, 0.3) is 4.85 Å². The highest BCUT2D eigenvalue weighted by atomic mass is 16.5. The molecule has 9 rings (SSSR count). The van der Waals surface area contributed by atoms with Gasteiger partial charge in [0.2, 0.25) is 0 Å². The number of unbranched alkanes of at least 4 members (excludes halogenated alkanes) is 6. The van der Waals surface area contributed by atoms with Crippen molar-refractivity contribution < 1.29 is 80.2 Å². The molecule has 504 valence electrons. The molecular formula is C73H113N2O15+. The van der Waals surface area contributed by atoms with Crippen molar-refractivity contribution in [2.24, 2.45) is 53.3 Å². The average Bonchev–Trinajstić information content (AvgIpc) is 1.60. The molecule has 0 heterocycles. The first-order chi connectivity index (χ1) is 43.5. The molecule has 3 unspecified atom stereocenters. The first-order valence-electron chi connectivity index (χ1n) is 34.6.